The normalized spacial score (nSPS) is 12.0. The van der Waals surface area contributed by atoms with Gasteiger partial charge in [-0.05, 0) is 23.3 Å². The molecule has 0 N–H and O–H groups in total. The van der Waals surface area contributed by atoms with E-state index in [4.69, 9.17) is 14.2 Å². The van der Waals surface area contributed by atoms with Crippen LogP contribution in [0.2, 0.25) is 0 Å². The van der Waals surface area contributed by atoms with Crippen molar-refractivity contribution >= 4 is 10.9 Å². The maximum Gasteiger partial charge on any atom is 0.224 e. The molecule has 28 heavy (non-hydrogen) atoms. The van der Waals surface area contributed by atoms with E-state index in [-0.39, 0.29) is 6.61 Å². The van der Waals surface area contributed by atoms with Gasteiger partial charge in [0.15, 0.2) is 0 Å². The molecule has 0 spiro atoms. The zero-order valence-corrected chi connectivity index (χ0v) is 15.8. The summed E-state index contributed by atoms with van der Waals surface area (Å²) in [7, 11) is 1.61. The lowest BCUT2D eigenvalue weighted by atomic mass is 10.0. The average molecular weight is 381 g/mol. The van der Waals surface area contributed by atoms with E-state index in [2.05, 4.69) is 15.1 Å². The SMILES string of the molecule is COCCOCC(N=O)c1ccc(CCOc2ncnc3ccccc23)cc1. The molecule has 1 atom stereocenters. The Kier molecular flexibility index (Phi) is 7.40. The molecule has 0 radical (unpaired) electrons. The summed E-state index contributed by atoms with van der Waals surface area (Å²) < 4.78 is 16.2. The zero-order valence-electron chi connectivity index (χ0n) is 15.8. The van der Waals surface area contributed by atoms with Gasteiger partial charge in [0, 0.05) is 13.5 Å². The van der Waals surface area contributed by atoms with E-state index in [0.29, 0.717) is 25.7 Å². The Labute approximate surface area is 163 Å². The van der Waals surface area contributed by atoms with E-state index in [1.807, 2.05) is 48.5 Å². The van der Waals surface area contributed by atoms with Crippen molar-refractivity contribution in [3.05, 3.63) is 70.9 Å². The topological polar surface area (TPSA) is 82.9 Å². The highest BCUT2D eigenvalue weighted by Crippen LogP contribution is 2.21. The van der Waals surface area contributed by atoms with Crippen molar-refractivity contribution in [3.8, 4) is 5.88 Å². The molecule has 3 aromatic rings. The first kappa shape index (κ1) is 19.9. The Morgan fingerprint density at radius 3 is 2.61 bits per heavy atom. The Morgan fingerprint density at radius 1 is 1.00 bits per heavy atom. The predicted molar refractivity (Wildman–Crippen MR) is 106 cm³/mol. The van der Waals surface area contributed by atoms with E-state index >= 15 is 0 Å². The highest BCUT2D eigenvalue weighted by molar-refractivity contribution is 5.82. The van der Waals surface area contributed by atoms with Gasteiger partial charge in [-0.1, -0.05) is 41.6 Å². The molecule has 1 unspecified atom stereocenters. The summed E-state index contributed by atoms with van der Waals surface area (Å²) in [6, 6.07) is 15.0. The molecule has 7 nitrogen and oxygen atoms in total. The molecule has 1 heterocycles. The second kappa shape index (κ2) is 10.4. The molecule has 0 saturated heterocycles. The Hall–Kier alpha value is -2.90. The molecule has 0 saturated carbocycles. The number of benzene rings is 2. The van der Waals surface area contributed by atoms with Crippen molar-refractivity contribution in [2.24, 2.45) is 5.18 Å². The fourth-order valence-corrected chi connectivity index (χ4v) is 2.79. The maximum atomic E-state index is 11.1. The lowest BCUT2D eigenvalue weighted by Crippen LogP contribution is -2.09. The van der Waals surface area contributed by atoms with Gasteiger partial charge in [-0.2, -0.15) is 4.91 Å². The summed E-state index contributed by atoms with van der Waals surface area (Å²) in [5.41, 5.74) is 2.79. The van der Waals surface area contributed by atoms with Gasteiger partial charge in [-0.15, -0.1) is 0 Å². The first-order valence-corrected chi connectivity index (χ1v) is 9.12. The van der Waals surface area contributed by atoms with Crippen LogP contribution in [0.25, 0.3) is 10.9 Å². The molecule has 0 amide bonds. The van der Waals surface area contributed by atoms with Crippen LogP contribution in [0.1, 0.15) is 17.2 Å². The van der Waals surface area contributed by atoms with E-state index in [1.165, 1.54) is 6.33 Å². The summed E-state index contributed by atoms with van der Waals surface area (Å²) in [5, 5.41) is 4.06. The molecule has 3 rings (SSSR count). The van der Waals surface area contributed by atoms with Gasteiger partial charge >= 0.3 is 0 Å². The molecule has 146 valence electrons. The quantitative estimate of drug-likeness (QED) is 0.372. The molecule has 7 heteroatoms. The Bertz CT molecular complexity index is 881. The number of hydrogen-bond acceptors (Lipinski definition) is 7. The smallest absolute Gasteiger partial charge is 0.224 e. The summed E-state index contributed by atoms with van der Waals surface area (Å²) in [5.74, 6) is 0.584. The molecule has 0 bridgehead atoms. The molecule has 2 aromatic carbocycles. The molecular weight excluding hydrogens is 358 g/mol. The third-order valence-corrected chi connectivity index (χ3v) is 4.34. The number of methoxy groups -OCH3 is 1. The molecule has 0 aliphatic heterocycles. The van der Waals surface area contributed by atoms with E-state index in [0.717, 1.165) is 28.5 Å². The van der Waals surface area contributed by atoms with Crippen LogP contribution in [0, 0.1) is 4.91 Å². The standard InChI is InChI=1S/C21H23N3O4/c1-26-12-13-27-14-20(24-25)17-8-6-16(7-9-17)10-11-28-21-18-4-2-3-5-19(18)22-15-23-21/h2-9,15,20H,10-14H2,1H3. The van der Waals surface area contributed by atoms with E-state index in [9.17, 15) is 4.91 Å². The Morgan fingerprint density at radius 2 is 1.82 bits per heavy atom. The van der Waals surface area contributed by atoms with E-state index < -0.39 is 6.04 Å². The molecule has 1 aromatic heterocycles. The first-order valence-electron chi connectivity index (χ1n) is 9.12. The third-order valence-electron chi connectivity index (χ3n) is 4.34. The van der Waals surface area contributed by atoms with Crippen LogP contribution >= 0.6 is 0 Å². The summed E-state index contributed by atoms with van der Waals surface area (Å²) in [6.07, 6.45) is 2.23. The number of ether oxygens (including phenoxy) is 3. The van der Waals surface area contributed by atoms with Crippen LogP contribution in [0.5, 0.6) is 5.88 Å². The largest absolute Gasteiger partial charge is 0.477 e. The lowest BCUT2D eigenvalue weighted by molar-refractivity contribution is 0.0637. The Balaban J connectivity index is 1.53. The third kappa shape index (κ3) is 5.31. The second-order valence-corrected chi connectivity index (χ2v) is 6.22. The van der Waals surface area contributed by atoms with Crippen molar-refractivity contribution in [3.63, 3.8) is 0 Å². The highest BCUT2D eigenvalue weighted by Gasteiger charge is 2.12. The fourth-order valence-electron chi connectivity index (χ4n) is 2.79. The van der Waals surface area contributed by atoms with Gasteiger partial charge in [0.05, 0.1) is 37.3 Å². The number of fused-ring (bicyclic) bond motifs is 1. The minimum Gasteiger partial charge on any atom is -0.477 e. The van der Waals surface area contributed by atoms with Gasteiger partial charge in [0.1, 0.15) is 12.4 Å². The van der Waals surface area contributed by atoms with Crippen molar-refractivity contribution < 1.29 is 14.2 Å². The highest BCUT2D eigenvalue weighted by atomic mass is 16.5. The van der Waals surface area contributed by atoms with Gasteiger partial charge in [-0.3, -0.25) is 0 Å². The van der Waals surface area contributed by atoms with Crippen molar-refractivity contribution in [1.29, 1.82) is 0 Å². The van der Waals surface area contributed by atoms with Crippen molar-refractivity contribution in [2.75, 3.05) is 33.5 Å². The fraction of sp³-hybridized carbons (Fsp3) is 0.333. The summed E-state index contributed by atoms with van der Waals surface area (Å²) in [6.45, 7) is 1.67. The number of para-hydroxylation sites is 1. The van der Waals surface area contributed by atoms with Crippen LogP contribution in [0.3, 0.4) is 0 Å². The number of nitrogens with zero attached hydrogens (tertiary/aromatic N) is 3. The summed E-state index contributed by atoms with van der Waals surface area (Å²) in [4.78, 5) is 19.6. The minimum absolute atomic E-state index is 0.246. The van der Waals surface area contributed by atoms with Gasteiger partial charge in [0.2, 0.25) is 5.88 Å². The van der Waals surface area contributed by atoms with Crippen LogP contribution in [0.4, 0.5) is 0 Å². The van der Waals surface area contributed by atoms with Gasteiger partial charge in [0.25, 0.3) is 0 Å². The number of rotatable bonds is 11. The van der Waals surface area contributed by atoms with Crippen molar-refractivity contribution in [2.45, 2.75) is 12.5 Å². The summed E-state index contributed by atoms with van der Waals surface area (Å²) >= 11 is 0. The maximum absolute atomic E-state index is 11.1. The van der Waals surface area contributed by atoms with Crippen LogP contribution < -0.4 is 4.74 Å². The number of hydrogen-bond donors (Lipinski definition) is 0. The monoisotopic (exact) mass is 381 g/mol. The van der Waals surface area contributed by atoms with Gasteiger partial charge < -0.3 is 14.2 Å². The first-order chi connectivity index (χ1) is 13.8. The van der Waals surface area contributed by atoms with Crippen LogP contribution in [-0.4, -0.2) is 43.5 Å². The van der Waals surface area contributed by atoms with Crippen LogP contribution in [0.15, 0.2) is 60.0 Å². The predicted octanol–water partition coefficient (Wildman–Crippen LogP) is 3.72. The average Bonchev–Trinajstić information content (AvgIpc) is 2.75. The minimum atomic E-state index is -0.519. The molecule has 0 aliphatic carbocycles. The molecule has 0 fully saturated rings. The van der Waals surface area contributed by atoms with Crippen molar-refractivity contribution in [1.82, 2.24) is 9.97 Å². The second-order valence-electron chi connectivity index (χ2n) is 6.22. The number of nitroso groups, excluding NO2 is 1. The van der Waals surface area contributed by atoms with Gasteiger partial charge in [-0.25, -0.2) is 9.97 Å². The molecular formula is C21H23N3O4. The zero-order chi connectivity index (χ0) is 19.6. The lowest BCUT2D eigenvalue weighted by Gasteiger charge is -2.11. The van der Waals surface area contributed by atoms with Crippen LogP contribution in [-0.2, 0) is 15.9 Å². The number of aromatic nitrogens is 2. The molecule has 0 aliphatic rings. The van der Waals surface area contributed by atoms with E-state index in [1.54, 1.807) is 7.11 Å².